The molecule has 0 unspecified atom stereocenters. The fraction of sp³-hybridized carbons (Fsp3) is 0.107. The molecule has 1 N–H and O–H groups in total. The number of imidazole rings is 1. The molecule has 4 aromatic rings. The Kier molecular flexibility index (Phi) is 7.37. The number of carbonyl (C=O) groups excluding carboxylic acids is 2. The van der Waals surface area contributed by atoms with Crippen LogP contribution < -0.4 is 10.1 Å². The number of anilines is 1. The standard InChI is InChI=1S/C28H26N4O3/c1-3-16-31(17-4-2)28(34)21-12-14-22(15-13-21)30-27(33)24-9-5-6-10-25(24)35-20-23-19-32-18-8-7-11-26(32)29-23/h3-15,18-19H,1-2,16-17,20H2,(H,30,33). The molecule has 0 saturated heterocycles. The number of nitrogens with zero attached hydrogens (tertiary/aromatic N) is 3. The second kappa shape index (κ2) is 11.0. The van der Waals surface area contributed by atoms with Gasteiger partial charge in [-0.05, 0) is 48.5 Å². The van der Waals surface area contributed by atoms with Crippen LogP contribution >= 0.6 is 0 Å². The molecule has 0 atom stereocenters. The number of rotatable bonds is 10. The van der Waals surface area contributed by atoms with Crippen molar-refractivity contribution in [2.24, 2.45) is 0 Å². The van der Waals surface area contributed by atoms with Crippen LogP contribution in [0.1, 0.15) is 26.4 Å². The zero-order valence-corrected chi connectivity index (χ0v) is 19.3. The van der Waals surface area contributed by atoms with Crippen LogP contribution in [0.4, 0.5) is 5.69 Å². The number of nitrogens with one attached hydrogen (secondary N) is 1. The molecular formula is C28H26N4O3. The monoisotopic (exact) mass is 466 g/mol. The first kappa shape index (κ1) is 23.5. The van der Waals surface area contributed by atoms with Gasteiger partial charge in [0.1, 0.15) is 18.0 Å². The number of benzene rings is 2. The Hall–Kier alpha value is -4.65. The molecule has 0 fully saturated rings. The molecule has 0 saturated carbocycles. The average Bonchev–Trinajstić information content (AvgIpc) is 3.31. The number of hydrogen-bond donors (Lipinski definition) is 1. The highest BCUT2D eigenvalue weighted by atomic mass is 16.5. The van der Waals surface area contributed by atoms with Gasteiger partial charge in [0.05, 0.1) is 11.3 Å². The number of amides is 2. The van der Waals surface area contributed by atoms with E-state index in [-0.39, 0.29) is 18.4 Å². The normalized spacial score (nSPS) is 10.5. The van der Waals surface area contributed by atoms with Gasteiger partial charge < -0.3 is 19.4 Å². The summed E-state index contributed by atoms with van der Waals surface area (Å²) >= 11 is 0. The highest BCUT2D eigenvalue weighted by Gasteiger charge is 2.15. The molecule has 7 nitrogen and oxygen atoms in total. The number of hydrogen-bond acceptors (Lipinski definition) is 4. The molecule has 0 aliphatic carbocycles. The minimum Gasteiger partial charge on any atom is -0.486 e. The van der Waals surface area contributed by atoms with Gasteiger partial charge in [0.25, 0.3) is 11.8 Å². The summed E-state index contributed by atoms with van der Waals surface area (Å²) in [5.41, 5.74) is 3.08. The summed E-state index contributed by atoms with van der Waals surface area (Å²) in [5, 5.41) is 2.87. The van der Waals surface area contributed by atoms with Crippen LogP contribution in [-0.4, -0.2) is 39.2 Å². The summed E-state index contributed by atoms with van der Waals surface area (Å²) in [7, 11) is 0. The topological polar surface area (TPSA) is 75.9 Å². The van der Waals surface area contributed by atoms with E-state index in [9.17, 15) is 9.59 Å². The van der Waals surface area contributed by atoms with E-state index in [1.807, 2.05) is 41.1 Å². The maximum Gasteiger partial charge on any atom is 0.259 e. The first-order valence-corrected chi connectivity index (χ1v) is 11.2. The third-order valence-corrected chi connectivity index (χ3v) is 5.30. The van der Waals surface area contributed by atoms with Crippen molar-refractivity contribution in [2.45, 2.75) is 6.61 Å². The van der Waals surface area contributed by atoms with Crippen LogP contribution in [-0.2, 0) is 6.61 Å². The Morgan fingerprint density at radius 1 is 0.971 bits per heavy atom. The Morgan fingerprint density at radius 3 is 2.40 bits per heavy atom. The SMILES string of the molecule is C=CCN(CC=C)C(=O)c1ccc(NC(=O)c2ccccc2OCc2cn3ccccc3n2)cc1. The Morgan fingerprint density at radius 2 is 1.69 bits per heavy atom. The molecule has 35 heavy (non-hydrogen) atoms. The van der Waals surface area contributed by atoms with E-state index in [2.05, 4.69) is 23.5 Å². The lowest BCUT2D eigenvalue weighted by Gasteiger charge is -2.19. The van der Waals surface area contributed by atoms with E-state index in [0.717, 1.165) is 11.3 Å². The number of fused-ring (bicyclic) bond motifs is 1. The van der Waals surface area contributed by atoms with Gasteiger partial charge in [0, 0.05) is 36.7 Å². The molecule has 0 aliphatic heterocycles. The highest BCUT2D eigenvalue weighted by Crippen LogP contribution is 2.21. The van der Waals surface area contributed by atoms with E-state index < -0.39 is 0 Å². The molecular weight excluding hydrogens is 440 g/mol. The molecule has 0 bridgehead atoms. The quantitative estimate of drug-likeness (QED) is 0.335. The Bertz CT molecular complexity index is 1320. The van der Waals surface area contributed by atoms with Gasteiger partial charge in [-0.1, -0.05) is 30.4 Å². The van der Waals surface area contributed by atoms with Gasteiger partial charge in [-0.15, -0.1) is 13.2 Å². The van der Waals surface area contributed by atoms with Crippen LogP contribution in [0.3, 0.4) is 0 Å². The lowest BCUT2D eigenvalue weighted by molar-refractivity contribution is 0.0790. The van der Waals surface area contributed by atoms with E-state index in [4.69, 9.17) is 4.74 Å². The molecule has 2 aromatic heterocycles. The first-order valence-electron chi connectivity index (χ1n) is 11.2. The number of carbonyl (C=O) groups is 2. The third-order valence-electron chi connectivity index (χ3n) is 5.30. The van der Waals surface area contributed by atoms with E-state index in [1.165, 1.54) is 0 Å². The second-order valence-electron chi connectivity index (χ2n) is 7.80. The van der Waals surface area contributed by atoms with Crippen molar-refractivity contribution in [3.63, 3.8) is 0 Å². The summed E-state index contributed by atoms with van der Waals surface area (Å²) in [6, 6.07) is 19.6. The van der Waals surface area contributed by atoms with Crippen molar-refractivity contribution in [3.8, 4) is 5.75 Å². The Labute approximate surface area is 204 Å². The predicted molar refractivity (Wildman–Crippen MR) is 137 cm³/mol. The molecule has 2 aromatic carbocycles. The predicted octanol–water partition coefficient (Wildman–Crippen LogP) is 4.98. The van der Waals surface area contributed by atoms with Crippen LogP contribution in [0.15, 0.2) is 104 Å². The van der Waals surface area contributed by atoms with Crippen LogP contribution in [0.2, 0.25) is 0 Å². The van der Waals surface area contributed by atoms with Gasteiger partial charge in [0.2, 0.25) is 0 Å². The highest BCUT2D eigenvalue weighted by molar-refractivity contribution is 6.06. The molecule has 0 spiro atoms. The second-order valence-corrected chi connectivity index (χ2v) is 7.80. The van der Waals surface area contributed by atoms with Crippen molar-refractivity contribution >= 4 is 23.1 Å². The van der Waals surface area contributed by atoms with Gasteiger partial charge in [0.15, 0.2) is 0 Å². The molecule has 0 aliphatic rings. The van der Waals surface area contributed by atoms with Crippen molar-refractivity contribution in [1.29, 1.82) is 0 Å². The molecule has 0 radical (unpaired) electrons. The minimum absolute atomic E-state index is 0.131. The zero-order valence-electron chi connectivity index (χ0n) is 19.3. The molecule has 4 rings (SSSR count). The van der Waals surface area contributed by atoms with E-state index >= 15 is 0 Å². The Balaban J connectivity index is 1.43. The lowest BCUT2D eigenvalue weighted by Crippen LogP contribution is -2.31. The molecule has 2 amide bonds. The van der Waals surface area contributed by atoms with Crippen LogP contribution in [0.25, 0.3) is 5.65 Å². The van der Waals surface area contributed by atoms with Crippen molar-refractivity contribution in [1.82, 2.24) is 14.3 Å². The molecule has 7 heteroatoms. The van der Waals surface area contributed by atoms with Crippen molar-refractivity contribution in [3.05, 3.63) is 121 Å². The number of para-hydroxylation sites is 1. The van der Waals surface area contributed by atoms with Gasteiger partial charge in [-0.25, -0.2) is 4.98 Å². The fourth-order valence-electron chi connectivity index (χ4n) is 3.62. The maximum absolute atomic E-state index is 13.0. The summed E-state index contributed by atoms with van der Waals surface area (Å²) in [6.45, 7) is 8.46. The van der Waals surface area contributed by atoms with E-state index in [1.54, 1.807) is 59.5 Å². The zero-order chi connectivity index (χ0) is 24.6. The van der Waals surface area contributed by atoms with Gasteiger partial charge in [-0.2, -0.15) is 0 Å². The summed E-state index contributed by atoms with van der Waals surface area (Å²) in [6.07, 6.45) is 7.16. The lowest BCUT2D eigenvalue weighted by atomic mass is 10.1. The largest absolute Gasteiger partial charge is 0.486 e. The molecule has 176 valence electrons. The third kappa shape index (κ3) is 5.65. The summed E-state index contributed by atoms with van der Waals surface area (Å²) < 4.78 is 7.85. The first-order chi connectivity index (χ1) is 17.1. The summed E-state index contributed by atoms with van der Waals surface area (Å²) in [4.78, 5) is 31.8. The van der Waals surface area contributed by atoms with Crippen molar-refractivity contribution in [2.75, 3.05) is 18.4 Å². The summed E-state index contributed by atoms with van der Waals surface area (Å²) in [5.74, 6) is 0.0151. The minimum atomic E-state index is -0.311. The van der Waals surface area contributed by atoms with Crippen molar-refractivity contribution < 1.29 is 14.3 Å². The van der Waals surface area contributed by atoms with Gasteiger partial charge in [-0.3, -0.25) is 9.59 Å². The van der Waals surface area contributed by atoms with Crippen LogP contribution in [0, 0.1) is 0 Å². The van der Waals surface area contributed by atoms with Gasteiger partial charge >= 0.3 is 0 Å². The average molecular weight is 467 g/mol. The number of pyridine rings is 1. The molecule has 2 heterocycles. The number of ether oxygens (including phenoxy) is 1. The smallest absolute Gasteiger partial charge is 0.259 e. The number of aromatic nitrogens is 2. The van der Waals surface area contributed by atoms with Crippen LogP contribution in [0.5, 0.6) is 5.75 Å². The maximum atomic E-state index is 13.0. The van der Waals surface area contributed by atoms with E-state index in [0.29, 0.717) is 35.7 Å². The fourth-order valence-corrected chi connectivity index (χ4v) is 3.62.